The highest BCUT2D eigenvalue weighted by Gasteiger charge is 2.36. The van der Waals surface area contributed by atoms with E-state index in [0.29, 0.717) is 6.04 Å². The van der Waals surface area contributed by atoms with Crippen LogP contribution in [-0.4, -0.2) is 29.6 Å². The topological polar surface area (TPSA) is 29.3 Å². The van der Waals surface area contributed by atoms with Crippen molar-refractivity contribution in [3.05, 3.63) is 0 Å². The lowest BCUT2D eigenvalue weighted by Crippen LogP contribution is -2.58. The lowest BCUT2D eigenvalue weighted by Gasteiger charge is -2.48. The lowest BCUT2D eigenvalue weighted by molar-refractivity contribution is 0.0143. The van der Waals surface area contributed by atoms with Crippen LogP contribution in [0.15, 0.2) is 0 Å². The summed E-state index contributed by atoms with van der Waals surface area (Å²) in [6, 6.07) is 0.709. The van der Waals surface area contributed by atoms with Gasteiger partial charge in [-0.15, -0.1) is 0 Å². The number of unbranched alkanes of at least 4 members (excludes halogenated alkanes) is 4. The van der Waals surface area contributed by atoms with E-state index >= 15 is 0 Å². The first-order valence-corrected chi connectivity index (χ1v) is 8.50. The number of likely N-dealkylation sites (tertiary alicyclic amines) is 1. The van der Waals surface area contributed by atoms with Gasteiger partial charge in [-0.1, -0.05) is 46.0 Å². The van der Waals surface area contributed by atoms with Crippen LogP contribution in [0.5, 0.6) is 0 Å². The van der Waals surface area contributed by atoms with E-state index in [1.165, 1.54) is 57.9 Å². The molecule has 0 aromatic heterocycles. The van der Waals surface area contributed by atoms with Crippen LogP contribution in [0.3, 0.4) is 0 Å². The highest BCUT2D eigenvalue weighted by atomic mass is 15.2. The van der Waals surface area contributed by atoms with E-state index < -0.39 is 0 Å². The maximum Gasteiger partial charge on any atom is 0.0306 e. The van der Waals surface area contributed by atoms with Crippen LogP contribution in [0.4, 0.5) is 0 Å². The van der Waals surface area contributed by atoms with Gasteiger partial charge in [0.25, 0.3) is 0 Å². The zero-order chi connectivity index (χ0) is 14.3. The molecule has 0 aliphatic carbocycles. The summed E-state index contributed by atoms with van der Waals surface area (Å²) in [5.41, 5.74) is 6.37. The standard InChI is InChI=1S/C17H36N2/c1-5-6-7-8-9-12-17(4,14-18)19-13-15(2)10-11-16(19)3/h15-16H,5-14,18H2,1-4H3. The molecule has 3 unspecified atom stereocenters. The van der Waals surface area contributed by atoms with Crippen LogP contribution in [0, 0.1) is 5.92 Å². The highest BCUT2D eigenvalue weighted by Crippen LogP contribution is 2.31. The van der Waals surface area contributed by atoms with Crippen LogP contribution in [-0.2, 0) is 0 Å². The summed E-state index contributed by atoms with van der Waals surface area (Å²) in [5.74, 6) is 0.835. The number of rotatable bonds is 8. The maximum atomic E-state index is 6.14. The molecule has 114 valence electrons. The van der Waals surface area contributed by atoms with Crippen molar-refractivity contribution in [2.75, 3.05) is 13.1 Å². The maximum absolute atomic E-state index is 6.14. The molecule has 1 heterocycles. The Labute approximate surface area is 121 Å². The van der Waals surface area contributed by atoms with Gasteiger partial charge in [-0.05, 0) is 39.0 Å². The minimum atomic E-state index is 0.223. The summed E-state index contributed by atoms with van der Waals surface area (Å²) in [6.45, 7) is 11.5. The van der Waals surface area contributed by atoms with Crippen molar-refractivity contribution in [3.8, 4) is 0 Å². The SMILES string of the molecule is CCCCCCCC(C)(CN)N1CC(C)CCC1C. The van der Waals surface area contributed by atoms with Crippen molar-refractivity contribution in [3.63, 3.8) is 0 Å². The quantitative estimate of drug-likeness (QED) is 0.669. The van der Waals surface area contributed by atoms with Crippen molar-refractivity contribution in [2.45, 2.75) is 90.6 Å². The molecule has 0 aromatic carbocycles. The number of hydrogen-bond donors (Lipinski definition) is 1. The molecule has 1 aliphatic heterocycles. The summed E-state index contributed by atoms with van der Waals surface area (Å²) in [4.78, 5) is 2.71. The third-order valence-corrected chi connectivity index (χ3v) is 5.07. The molecule has 0 spiro atoms. The molecule has 1 fully saturated rings. The van der Waals surface area contributed by atoms with Crippen molar-refractivity contribution in [1.82, 2.24) is 4.90 Å². The van der Waals surface area contributed by atoms with Crippen molar-refractivity contribution in [2.24, 2.45) is 11.7 Å². The fourth-order valence-electron chi connectivity index (χ4n) is 3.51. The zero-order valence-electron chi connectivity index (χ0n) is 13.8. The molecule has 0 aromatic rings. The first kappa shape index (κ1) is 17.0. The minimum Gasteiger partial charge on any atom is -0.329 e. The van der Waals surface area contributed by atoms with Gasteiger partial charge in [-0.25, -0.2) is 0 Å². The van der Waals surface area contributed by atoms with Crippen LogP contribution in [0.1, 0.15) is 79.1 Å². The highest BCUT2D eigenvalue weighted by molar-refractivity contribution is 4.93. The van der Waals surface area contributed by atoms with Gasteiger partial charge in [0, 0.05) is 24.7 Å². The van der Waals surface area contributed by atoms with E-state index in [9.17, 15) is 0 Å². The van der Waals surface area contributed by atoms with Crippen LogP contribution in [0.25, 0.3) is 0 Å². The molecule has 2 nitrogen and oxygen atoms in total. The third-order valence-electron chi connectivity index (χ3n) is 5.07. The fourth-order valence-corrected chi connectivity index (χ4v) is 3.51. The molecule has 0 radical (unpaired) electrons. The molecule has 1 aliphatic rings. The smallest absolute Gasteiger partial charge is 0.0306 e. The van der Waals surface area contributed by atoms with E-state index in [4.69, 9.17) is 5.73 Å². The molecule has 0 amide bonds. The second-order valence-electron chi connectivity index (χ2n) is 7.05. The van der Waals surface area contributed by atoms with Gasteiger partial charge in [0.2, 0.25) is 0 Å². The van der Waals surface area contributed by atoms with Gasteiger partial charge in [0.15, 0.2) is 0 Å². The second kappa shape index (κ2) is 8.26. The predicted molar refractivity (Wildman–Crippen MR) is 85.4 cm³/mol. The molecular formula is C17H36N2. The van der Waals surface area contributed by atoms with Gasteiger partial charge in [0.1, 0.15) is 0 Å². The number of nitrogens with zero attached hydrogens (tertiary/aromatic N) is 1. The van der Waals surface area contributed by atoms with Crippen molar-refractivity contribution < 1.29 is 0 Å². The Morgan fingerprint density at radius 3 is 2.42 bits per heavy atom. The molecule has 2 heteroatoms. The Kier molecular flexibility index (Phi) is 7.38. The molecular weight excluding hydrogens is 232 g/mol. The predicted octanol–water partition coefficient (Wildman–Crippen LogP) is 4.18. The third kappa shape index (κ3) is 5.07. The van der Waals surface area contributed by atoms with Gasteiger partial charge in [0.05, 0.1) is 0 Å². The Morgan fingerprint density at radius 2 is 1.79 bits per heavy atom. The number of piperidine rings is 1. The molecule has 3 atom stereocenters. The Bertz CT molecular complexity index is 241. The zero-order valence-corrected chi connectivity index (χ0v) is 13.8. The summed E-state index contributed by atoms with van der Waals surface area (Å²) < 4.78 is 0. The Morgan fingerprint density at radius 1 is 1.11 bits per heavy atom. The number of nitrogens with two attached hydrogens (primary N) is 1. The van der Waals surface area contributed by atoms with Gasteiger partial charge >= 0.3 is 0 Å². The summed E-state index contributed by atoms with van der Waals surface area (Å²) in [5, 5.41) is 0. The number of hydrogen-bond acceptors (Lipinski definition) is 2. The first-order valence-electron chi connectivity index (χ1n) is 8.50. The average Bonchev–Trinajstić information content (AvgIpc) is 2.41. The van der Waals surface area contributed by atoms with Crippen LogP contribution in [0.2, 0.25) is 0 Å². The second-order valence-corrected chi connectivity index (χ2v) is 7.05. The van der Waals surface area contributed by atoms with Crippen LogP contribution >= 0.6 is 0 Å². The largest absolute Gasteiger partial charge is 0.329 e. The van der Waals surface area contributed by atoms with E-state index in [0.717, 1.165) is 12.5 Å². The van der Waals surface area contributed by atoms with Gasteiger partial charge in [-0.2, -0.15) is 0 Å². The van der Waals surface area contributed by atoms with E-state index in [-0.39, 0.29) is 5.54 Å². The van der Waals surface area contributed by atoms with Crippen molar-refractivity contribution in [1.29, 1.82) is 0 Å². The van der Waals surface area contributed by atoms with Gasteiger partial charge < -0.3 is 5.73 Å². The lowest BCUT2D eigenvalue weighted by atomic mass is 9.85. The first-order chi connectivity index (χ1) is 9.03. The normalized spacial score (nSPS) is 28.3. The fraction of sp³-hybridized carbons (Fsp3) is 1.00. The van der Waals surface area contributed by atoms with Crippen molar-refractivity contribution >= 4 is 0 Å². The average molecular weight is 268 g/mol. The Hall–Kier alpha value is -0.0800. The Balaban J connectivity index is 2.47. The molecule has 0 saturated carbocycles. The molecule has 1 rings (SSSR count). The monoisotopic (exact) mass is 268 g/mol. The van der Waals surface area contributed by atoms with E-state index in [2.05, 4.69) is 32.6 Å². The molecule has 1 saturated heterocycles. The van der Waals surface area contributed by atoms with Crippen LogP contribution < -0.4 is 5.73 Å². The molecule has 0 bridgehead atoms. The van der Waals surface area contributed by atoms with E-state index in [1.54, 1.807) is 0 Å². The summed E-state index contributed by atoms with van der Waals surface area (Å²) >= 11 is 0. The summed E-state index contributed by atoms with van der Waals surface area (Å²) in [7, 11) is 0. The van der Waals surface area contributed by atoms with Gasteiger partial charge in [-0.3, -0.25) is 4.90 Å². The molecule has 2 N–H and O–H groups in total. The van der Waals surface area contributed by atoms with E-state index in [1.807, 2.05) is 0 Å². The molecule has 19 heavy (non-hydrogen) atoms. The minimum absolute atomic E-state index is 0.223. The summed E-state index contributed by atoms with van der Waals surface area (Å²) in [6.07, 6.45) is 10.8.